The number of aliphatic hydroxyl groups excluding tert-OH is 2. The molecule has 1 aromatic rings. The number of halogens is 1. The lowest BCUT2D eigenvalue weighted by Gasteiger charge is -2.16. The van der Waals surface area contributed by atoms with Gasteiger partial charge in [-0.25, -0.2) is 4.39 Å². The van der Waals surface area contributed by atoms with Gasteiger partial charge in [-0.1, -0.05) is 12.1 Å². The minimum absolute atomic E-state index is 0.0526. The number of rotatable bonds is 4. The average molecular weight is 234 g/mol. The summed E-state index contributed by atoms with van der Waals surface area (Å²) < 4.78 is 13.4. The summed E-state index contributed by atoms with van der Waals surface area (Å²) in [7, 11) is 0. The summed E-state index contributed by atoms with van der Waals surface area (Å²) in [5.41, 5.74) is 0.421. The molecule has 0 heterocycles. The summed E-state index contributed by atoms with van der Waals surface area (Å²) in [5, 5.41) is 35.8. The van der Waals surface area contributed by atoms with E-state index in [-0.39, 0.29) is 24.0 Å². The predicted octanol–water partition coefficient (Wildman–Crippen LogP) is 1.20. The van der Waals surface area contributed by atoms with Crippen molar-refractivity contribution in [3.05, 3.63) is 35.1 Å². The maximum absolute atomic E-state index is 13.4. The van der Waals surface area contributed by atoms with Crippen molar-refractivity contribution in [1.82, 2.24) is 0 Å². The van der Waals surface area contributed by atoms with Crippen molar-refractivity contribution in [3.63, 3.8) is 0 Å². The molecule has 0 saturated carbocycles. The lowest BCUT2D eigenvalue weighted by atomic mass is 10.00. The van der Waals surface area contributed by atoms with Crippen molar-refractivity contribution in [2.75, 3.05) is 0 Å². The van der Waals surface area contributed by atoms with E-state index in [2.05, 4.69) is 0 Å². The smallest absolute Gasteiger partial charge is 0.127 e. The third-order valence-corrected chi connectivity index (χ3v) is 2.35. The Bertz CT molecular complexity index is 476. The molecule has 4 nitrogen and oxygen atoms in total. The van der Waals surface area contributed by atoms with E-state index < -0.39 is 18.0 Å². The second-order valence-corrected chi connectivity index (χ2v) is 3.56. The molecule has 88 valence electrons. The van der Waals surface area contributed by atoms with Crippen molar-refractivity contribution in [2.24, 2.45) is 0 Å². The van der Waals surface area contributed by atoms with Crippen molar-refractivity contribution in [3.8, 4) is 12.1 Å². The van der Waals surface area contributed by atoms with Gasteiger partial charge in [-0.3, -0.25) is 0 Å². The molecule has 2 atom stereocenters. The predicted molar refractivity (Wildman–Crippen MR) is 56.9 cm³/mol. The summed E-state index contributed by atoms with van der Waals surface area (Å²) in [6.45, 7) is 0. The number of benzene rings is 1. The zero-order chi connectivity index (χ0) is 12.8. The molecule has 2 N–H and O–H groups in total. The number of aliphatic hydroxyl groups is 2. The molecule has 0 saturated heterocycles. The van der Waals surface area contributed by atoms with Crippen molar-refractivity contribution in [1.29, 1.82) is 10.5 Å². The third kappa shape index (κ3) is 3.25. The van der Waals surface area contributed by atoms with Crippen LogP contribution in [-0.4, -0.2) is 16.3 Å². The van der Waals surface area contributed by atoms with Gasteiger partial charge in [0.05, 0.1) is 31.1 Å². The van der Waals surface area contributed by atoms with Gasteiger partial charge in [0.25, 0.3) is 0 Å². The van der Waals surface area contributed by atoms with Crippen LogP contribution in [0.1, 0.15) is 23.7 Å². The molecule has 1 aromatic carbocycles. The van der Waals surface area contributed by atoms with Gasteiger partial charge in [0.15, 0.2) is 0 Å². The molecule has 0 fully saturated rings. The van der Waals surface area contributed by atoms with Gasteiger partial charge in [-0.2, -0.15) is 10.5 Å². The Morgan fingerprint density at radius 1 is 1.24 bits per heavy atom. The van der Waals surface area contributed by atoms with E-state index in [1.165, 1.54) is 12.1 Å². The van der Waals surface area contributed by atoms with Gasteiger partial charge in [-0.05, 0) is 11.6 Å². The summed E-state index contributed by atoms with van der Waals surface area (Å²) >= 11 is 0. The summed E-state index contributed by atoms with van der Waals surface area (Å²) in [6.07, 6.45) is -2.84. The molecule has 5 heteroatoms. The van der Waals surface area contributed by atoms with E-state index in [0.29, 0.717) is 0 Å². The van der Waals surface area contributed by atoms with Crippen LogP contribution >= 0.6 is 0 Å². The fraction of sp³-hybridized carbons (Fsp3) is 0.333. The van der Waals surface area contributed by atoms with E-state index in [1.807, 2.05) is 6.07 Å². The standard InChI is InChI=1S/C12H11FN2O2/c13-10-7-9(2-1-8(10)3-5-14)12(17)11(16)4-6-15/h1-2,7,11-12,16-17H,3-4H2. The van der Waals surface area contributed by atoms with Crippen LogP contribution in [0.25, 0.3) is 0 Å². The SMILES string of the molecule is N#CCc1ccc(C(O)C(O)CC#N)cc1F. The maximum Gasteiger partial charge on any atom is 0.127 e. The molecule has 0 spiro atoms. The Morgan fingerprint density at radius 2 is 1.94 bits per heavy atom. The summed E-state index contributed by atoms with van der Waals surface area (Å²) in [5.74, 6) is -0.604. The molecule has 0 aromatic heterocycles. The minimum Gasteiger partial charge on any atom is -0.389 e. The van der Waals surface area contributed by atoms with Gasteiger partial charge in [0, 0.05) is 5.56 Å². The Kier molecular flexibility index (Phi) is 4.59. The monoisotopic (exact) mass is 234 g/mol. The van der Waals surface area contributed by atoms with Crippen LogP contribution < -0.4 is 0 Å². The molecular weight excluding hydrogens is 223 g/mol. The Hall–Kier alpha value is -1.95. The van der Waals surface area contributed by atoms with Gasteiger partial charge < -0.3 is 10.2 Å². The van der Waals surface area contributed by atoms with Gasteiger partial charge in [0.2, 0.25) is 0 Å². The molecule has 0 aliphatic heterocycles. The highest BCUT2D eigenvalue weighted by Crippen LogP contribution is 2.21. The van der Waals surface area contributed by atoms with E-state index in [4.69, 9.17) is 10.5 Å². The first-order chi connectivity index (χ1) is 8.10. The zero-order valence-electron chi connectivity index (χ0n) is 8.97. The second kappa shape index (κ2) is 5.95. The molecule has 2 unspecified atom stereocenters. The Morgan fingerprint density at radius 3 is 2.47 bits per heavy atom. The number of hydrogen-bond acceptors (Lipinski definition) is 4. The number of hydrogen-bond donors (Lipinski definition) is 2. The van der Waals surface area contributed by atoms with Crippen molar-refractivity contribution >= 4 is 0 Å². The van der Waals surface area contributed by atoms with E-state index in [0.717, 1.165) is 6.07 Å². The van der Waals surface area contributed by atoms with E-state index >= 15 is 0 Å². The Labute approximate surface area is 98.2 Å². The normalized spacial score (nSPS) is 13.5. The first-order valence-electron chi connectivity index (χ1n) is 4.98. The van der Waals surface area contributed by atoms with Crippen LogP contribution in [-0.2, 0) is 6.42 Å². The maximum atomic E-state index is 13.4. The lowest BCUT2D eigenvalue weighted by molar-refractivity contribution is 0.0214. The number of nitrogens with zero attached hydrogens (tertiary/aromatic N) is 2. The van der Waals surface area contributed by atoms with Crippen molar-refractivity contribution < 1.29 is 14.6 Å². The third-order valence-electron chi connectivity index (χ3n) is 2.35. The first kappa shape index (κ1) is 13.1. The zero-order valence-corrected chi connectivity index (χ0v) is 8.97. The van der Waals surface area contributed by atoms with Crippen LogP contribution in [0.2, 0.25) is 0 Å². The first-order valence-corrected chi connectivity index (χ1v) is 4.98. The fourth-order valence-corrected chi connectivity index (χ4v) is 1.40. The largest absolute Gasteiger partial charge is 0.389 e. The average Bonchev–Trinajstić information content (AvgIpc) is 2.31. The molecule has 0 radical (unpaired) electrons. The molecule has 0 aliphatic rings. The van der Waals surface area contributed by atoms with Gasteiger partial charge in [-0.15, -0.1) is 0 Å². The Balaban J connectivity index is 2.90. The van der Waals surface area contributed by atoms with Crippen molar-refractivity contribution in [2.45, 2.75) is 25.0 Å². The molecule has 0 aliphatic carbocycles. The minimum atomic E-state index is -1.31. The quantitative estimate of drug-likeness (QED) is 0.819. The van der Waals surface area contributed by atoms with Gasteiger partial charge in [0.1, 0.15) is 11.9 Å². The lowest BCUT2D eigenvalue weighted by Crippen LogP contribution is -2.17. The molecule has 0 amide bonds. The van der Waals surface area contributed by atoms with Crippen LogP contribution in [0.5, 0.6) is 0 Å². The van der Waals surface area contributed by atoms with Crippen LogP contribution in [0.15, 0.2) is 18.2 Å². The topological polar surface area (TPSA) is 88.0 Å². The highest BCUT2D eigenvalue weighted by molar-refractivity contribution is 5.28. The van der Waals surface area contributed by atoms with Crippen LogP contribution in [0.4, 0.5) is 4.39 Å². The highest BCUT2D eigenvalue weighted by atomic mass is 19.1. The summed E-state index contributed by atoms with van der Waals surface area (Å²) in [6, 6.07) is 7.42. The molecular formula is C12H11FN2O2. The molecule has 0 bridgehead atoms. The molecule has 1 rings (SSSR count). The van der Waals surface area contributed by atoms with E-state index in [9.17, 15) is 14.6 Å². The fourth-order valence-electron chi connectivity index (χ4n) is 1.40. The van der Waals surface area contributed by atoms with Crippen LogP contribution in [0.3, 0.4) is 0 Å². The highest BCUT2D eigenvalue weighted by Gasteiger charge is 2.19. The van der Waals surface area contributed by atoms with Gasteiger partial charge >= 0.3 is 0 Å². The van der Waals surface area contributed by atoms with E-state index in [1.54, 1.807) is 6.07 Å². The molecule has 17 heavy (non-hydrogen) atoms. The second-order valence-electron chi connectivity index (χ2n) is 3.56. The summed E-state index contributed by atoms with van der Waals surface area (Å²) in [4.78, 5) is 0. The van der Waals surface area contributed by atoms with Crippen LogP contribution in [0, 0.1) is 28.5 Å². The number of nitriles is 2.